The molecule has 1 aromatic heterocycles. The molecule has 0 aliphatic rings. The van der Waals surface area contributed by atoms with E-state index in [1.54, 1.807) is 30.3 Å². The summed E-state index contributed by atoms with van der Waals surface area (Å²) in [6.07, 6.45) is 1.24. The molecular formula is C23H17FN4O3. The maximum Gasteiger partial charge on any atom is 0.265 e. The zero-order chi connectivity index (χ0) is 22.0. The molecule has 154 valence electrons. The Morgan fingerprint density at radius 1 is 0.935 bits per heavy atom. The van der Waals surface area contributed by atoms with Crippen molar-refractivity contribution < 1.29 is 14.0 Å². The molecule has 2 N–H and O–H groups in total. The predicted molar refractivity (Wildman–Crippen MR) is 116 cm³/mol. The van der Waals surface area contributed by atoms with Crippen molar-refractivity contribution in [1.82, 2.24) is 9.55 Å². The first-order chi connectivity index (χ1) is 14.9. The topological polar surface area (TPSA) is 93.1 Å². The summed E-state index contributed by atoms with van der Waals surface area (Å²) in [6.45, 7) is 1.41. The van der Waals surface area contributed by atoms with E-state index in [1.165, 1.54) is 49.6 Å². The molecule has 0 aliphatic carbocycles. The van der Waals surface area contributed by atoms with E-state index in [-0.39, 0.29) is 22.9 Å². The quantitative estimate of drug-likeness (QED) is 0.530. The van der Waals surface area contributed by atoms with Gasteiger partial charge in [-0.15, -0.1) is 0 Å². The van der Waals surface area contributed by atoms with Crippen LogP contribution in [0.15, 0.2) is 77.9 Å². The summed E-state index contributed by atoms with van der Waals surface area (Å²) in [7, 11) is 0. The lowest BCUT2D eigenvalue weighted by atomic mass is 10.1. The summed E-state index contributed by atoms with van der Waals surface area (Å²) in [5.74, 6) is -1.10. The molecule has 0 unspecified atom stereocenters. The van der Waals surface area contributed by atoms with Gasteiger partial charge in [-0.1, -0.05) is 12.1 Å². The lowest BCUT2D eigenvalue weighted by molar-refractivity contribution is -0.114. The molecule has 1 heterocycles. The van der Waals surface area contributed by atoms with Crippen LogP contribution in [0.3, 0.4) is 0 Å². The van der Waals surface area contributed by atoms with Crippen LogP contribution in [0.2, 0.25) is 0 Å². The van der Waals surface area contributed by atoms with E-state index in [4.69, 9.17) is 0 Å². The average molecular weight is 416 g/mol. The van der Waals surface area contributed by atoms with Crippen molar-refractivity contribution in [2.75, 3.05) is 10.6 Å². The molecule has 0 spiro atoms. The Labute approximate surface area is 176 Å². The van der Waals surface area contributed by atoms with Crippen LogP contribution >= 0.6 is 0 Å². The zero-order valence-corrected chi connectivity index (χ0v) is 16.4. The minimum absolute atomic E-state index is 0.103. The molecule has 0 atom stereocenters. The highest BCUT2D eigenvalue weighted by Gasteiger charge is 2.12. The van der Waals surface area contributed by atoms with Gasteiger partial charge in [-0.3, -0.25) is 19.0 Å². The Morgan fingerprint density at radius 3 is 2.29 bits per heavy atom. The lowest BCUT2D eigenvalue weighted by Gasteiger charge is -2.09. The van der Waals surface area contributed by atoms with Gasteiger partial charge < -0.3 is 10.6 Å². The van der Waals surface area contributed by atoms with E-state index >= 15 is 0 Å². The van der Waals surface area contributed by atoms with Crippen molar-refractivity contribution >= 4 is 34.1 Å². The van der Waals surface area contributed by atoms with Gasteiger partial charge in [-0.25, -0.2) is 9.37 Å². The number of para-hydroxylation sites is 1. The van der Waals surface area contributed by atoms with Crippen LogP contribution in [0, 0.1) is 5.82 Å². The van der Waals surface area contributed by atoms with Gasteiger partial charge in [0.15, 0.2) is 0 Å². The summed E-state index contributed by atoms with van der Waals surface area (Å²) in [6, 6.07) is 17.1. The fourth-order valence-corrected chi connectivity index (χ4v) is 3.12. The molecule has 8 heteroatoms. The number of benzene rings is 3. The molecule has 31 heavy (non-hydrogen) atoms. The molecular weight excluding hydrogens is 399 g/mol. The monoisotopic (exact) mass is 416 g/mol. The van der Waals surface area contributed by atoms with Gasteiger partial charge in [0.2, 0.25) is 5.91 Å². The molecule has 3 aromatic carbocycles. The maximum atomic E-state index is 14.1. The van der Waals surface area contributed by atoms with E-state index in [9.17, 15) is 18.8 Å². The normalized spacial score (nSPS) is 10.6. The third-order valence-corrected chi connectivity index (χ3v) is 4.60. The van der Waals surface area contributed by atoms with Gasteiger partial charge in [0, 0.05) is 23.9 Å². The van der Waals surface area contributed by atoms with E-state index in [2.05, 4.69) is 15.6 Å². The SMILES string of the molecule is CC(=O)Nc1ccc(NC(=O)c2ccc3c(=O)n(-c4ccccc4F)cnc3c2)cc1. The number of hydrogen-bond acceptors (Lipinski definition) is 4. The summed E-state index contributed by atoms with van der Waals surface area (Å²) in [4.78, 5) is 40.7. The van der Waals surface area contributed by atoms with Crippen LogP contribution in [0.25, 0.3) is 16.6 Å². The van der Waals surface area contributed by atoms with Crippen LogP contribution in [-0.2, 0) is 4.79 Å². The Kier molecular flexibility index (Phi) is 5.28. The highest BCUT2D eigenvalue weighted by molar-refractivity contribution is 6.06. The van der Waals surface area contributed by atoms with Crippen molar-refractivity contribution in [2.24, 2.45) is 0 Å². The van der Waals surface area contributed by atoms with Gasteiger partial charge >= 0.3 is 0 Å². The maximum absolute atomic E-state index is 14.1. The Morgan fingerprint density at radius 2 is 1.61 bits per heavy atom. The fourth-order valence-electron chi connectivity index (χ4n) is 3.12. The second-order valence-corrected chi connectivity index (χ2v) is 6.82. The van der Waals surface area contributed by atoms with Gasteiger partial charge in [-0.05, 0) is 54.6 Å². The highest BCUT2D eigenvalue weighted by atomic mass is 19.1. The number of carbonyl (C=O) groups excluding carboxylic acids is 2. The summed E-state index contributed by atoms with van der Waals surface area (Å²) in [5.41, 5.74) is 1.47. The minimum Gasteiger partial charge on any atom is -0.326 e. The molecule has 0 aliphatic heterocycles. The summed E-state index contributed by atoms with van der Waals surface area (Å²) < 4.78 is 15.2. The average Bonchev–Trinajstić information content (AvgIpc) is 2.75. The van der Waals surface area contributed by atoms with Crippen molar-refractivity contribution in [3.8, 4) is 5.69 Å². The number of anilines is 2. The Bertz CT molecular complexity index is 1360. The van der Waals surface area contributed by atoms with Crippen molar-refractivity contribution in [3.63, 3.8) is 0 Å². The molecule has 4 rings (SSSR count). The predicted octanol–water partition coefficient (Wildman–Crippen LogP) is 3.74. The van der Waals surface area contributed by atoms with Crippen LogP contribution in [0.5, 0.6) is 0 Å². The number of carbonyl (C=O) groups is 2. The first-order valence-electron chi connectivity index (χ1n) is 9.38. The molecule has 0 bridgehead atoms. The van der Waals surface area contributed by atoms with Gasteiger partial charge in [0.1, 0.15) is 12.1 Å². The Hall–Kier alpha value is -4.33. The van der Waals surface area contributed by atoms with Gasteiger partial charge in [0.05, 0.1) is 16.6 Å². The van der Waals surface area contributed by atoms with Crippen molar-refractivity contribution in [1.29, 1.82) is 0 Å². The smallest absolute Gasteiger partial charge is 0.265 e. The van der Waals surface area contributed by atoms with Crippen LogP contribution in [0.1, 0.15) is 17.3 Å². The van der Waals surface area contributed by atoms with Crippen LogP contribution < -0.4 is 16.2 Å². The molecule has 0 saturated heterocycles. The van der Waals surface area contributed by atoms with E-state index in [0.717, 1.165) is 4.57 Å². The number of nitrogens with one attached hydrogen (secondary N) is 2. The van der Waals surface area contributed by atoms with E-state index < -0.39 is 11.4 Å². The summed E-state index contributed by atoms with van der Waals surface area (Å²) in [5, 5.41) is 5.66. The Balaban J connectivity index is 1.60. The van der Waals surface area contributed by atoms with Crippen LogP contribution in [-0.4, -0.2) is 21.4 Å². The largest absolute Gasteiger partial charge is 0.326 e. The third kappa shape index (κ3) is 4.18. The molecule has 0 fully saturated rings. The molecule has 2 amide bonds. The number of fused-ring (bicyclic) bond motifs is 1. The molecule has 0 radical (unpaired) electrons. The first kappa shape index (κ1) is 20.0. The van der Waals surface area contributed by atoms with Crippen molar-refractivity contribution in [3.05, 3.63) is 94.8 Å². The van der Waals surface area contributed by atoms with Gasteiger partial charge in [-0.2, -0.15) is 0 Å². The molecule has 4 aromatic rings. The number of hydrogen-bond donors (Lipinski definition) is 2. The van der Waals surface area contributed by atoms with E-state index in [1.807, 2.05) is 0 Å². The highest BCUT2D eigenvalue weighted by Crippen LogP contribution is 2.17. The molecule has 0 saturated carbocycles. The third-order valence-electron chi connectivity index (χ3n) is 4.60. The molecule has 7 nitrogen and oxygen atoms in total. The van der Waals surface area contributed by atoms with Crippen molar-refractivity contribution in [2.45, 2.75) is 6.92 Å². The number of halogens is 1. The number of aromatic nitrogens is 2. The minimum atomic E-state index is -0.536. The summed E-state index contributed by atoms with van der Waals surface area (Å²) >= 11 is 0. The van der Waals surface area contributed by atoms with Gasteiger partial charge in [0.25, 0.3) is 11.5 Å². The standard InChI is InChI=1S/C23H17FN4O3/c1-14(29)26-16-7-9-17(10-8-16)27-22(30)15-6-11-18-20(12-15)25-13-28(23(18)31)21-5-3-2-4-19(21)24/h2-13H,1H3,(H,26,29)(H,27,30). The second kappa shape index (κ2) is 8.19. The first-order valence-corrected chi connectivity index (χ1v) is 9.38. The number of nitrogens with zero attached hydrogens (tertiary/aromatic N) is 2. The number of amides is 2. The fraction of sp³-hybridized carbons (Fsp3) is 0.0435. The zero-order valence-electron chi connectivity index (χ0n) is 16.4. The van der Waals surface area contributed by atoms with Crippen LogP contribution in [0.4, 0.5) is 15.8 Å². The lowest BCUT2D eigenvalue weighted by Crippen LogP contribution is -2.20. The van der Waals surface area contributed by atoms with E-state index in [0.29, 0.717) is 22.5 Å². The second-order valence-electron chi connectivity index (χ2n) is 6.82. The number of rotatable bonds is 4.